The second-order valence-electron chi connectivity index (χ2n) is 35.3. The Hall–Kier alpha value is -16.9. The molecule has 0 amide bonds. The van der Waals surface area contributed by atoms with E-state index in [9.17, 15) is 0 Å². The van der Waals surface area contributed by atoms with E-state index >= 15 is 0 Å². The summed E-state index contributed by atoms with van der Waals surface area (Å²) in [6.45, 7) is 0. The first-order valence-electron chi connectivity index (χ1n) is 46.1. The summed E-state index contributed by atoms with van der Waals surface area (Å²) in [6.07, 6.45) is 0. The second-order valence-corrected chi connectivity index (χ2v) is 38.4. The molecule has 0 atom stereocenters. The zero-order chi connectivity index (χ0) is 88.5. The van der Waals surface area contributed by atoms with Gasteiger partial charge in [0, 0.05) is 145 Å². The fraction of sp³-hybridized carbons (Fsp3) is 0. The highest BCUT2D eigenvalue weighted by atomic mass is 32.1. The third-order valence-corrected chi connectivity index (χ3v) is 31.4. The first-order valence-corrected chi connectivity index (χ1v) is 48.5. The Kier molecular flexibility index (Phi) is 17.6. The number of hydrogen-bond donors (Lipinski definition) is 0. The van der Waals surface area contributed by atoms with Crippen molar-refractivity contribution < 1.29 is 0 Å². The average molecular weight is 1770 g/mol. The Balaban J connectivity index is 0.000000101. The van der Waals surface area contributed by atoms with E-state index in [4.69, 9.17) is 0 Å². The van der Waals surface area contributed by atoms with Gasteiger partial charge in [-0.3, -0.25) is 0 Å². The van der Waals surface area contributed by atoms with Gasteiger partial charge in [-0.15, -0.1) is 34.0 Å². The second kappa shape index (κ2) is 30.9. The molecule has 0 saturated heterocycles. The van der Waals surface area contributed by atoms with Crippen LogP contribution in [0.15, 0.2) is 473 Å². The molecule has 0 N–H and O–H groups in total. The molecule has 0 aliphatic carbocycles. The molecule has 0 spiro atoms. The van der Waals surface area contributed by atoms with Crippen LogP contribution in [0.25, 0.3) is 259 Å². The summed E-state index contributed by atoms with van der Waals surface area (Å²) >= 11 is 5.69. The lowest BCUT2D eigenvalue weighted by Gasteiger charge is -2.14. The molecule has 0 bridgehead atoms. The van der Waals surface area contributed by atoms with E-state index in [1.807, 2.05) is 34.0 Å². The zero-order valence-corrected chi connectivity index (χ0v) is 75.4. The predicted molar refractivity (Wildman–Crippen MR) is 580 cm³/mol. The van der Waals surface area contributed by atoms with Crippen LogP contribution < -0.4 is 0 Å². The molecule has 0 aliphatic heterocycles. The first-order chi connectivity index (χ1) is 67.0. The van der Waals surface area contributed by atoms with Crippen LogP contribution in [0.4, 0.5) is 0 Å². The van der Waals surface area contributed by atoms with Gasteiger partial charge in [-0.1, -0.05) is 322 Å². The van der Waals surface area contributed by atoms with Crippen LogP contribution in [0.3, 0.4) is 0 Å². The number of para-hydroxylation sites is 7. The van der Waals surface area contributed by atoms with E-state index in [0.29, 0.717) is 0 Å². The summed E-state index contributed by atoms with van der Waals surface area (Å²) in [5.41, 5.74) is 29.0. The van der Waals surface area contributed by atoms with Crippen molar-refractivity contribution in [3.63, 3.8) is 0 Å². The van der Waals surface area contributed by atoms with E-state index in [1.54, 1.807) is 0 Å². The minimum absolute atomic E-state index is 1.15. The van der Waals surface area contributed by atoms with E-state index in [1.165, 1.54) is 247 Å². The van der Waals surface area contributed by atoms with Crippen molar-refractivity contribution in [2.45, 2.75) is 0 Å². The lowest BCUT2D eigenvalue weighted by Crippen LogP contribution is -1.97. The number of fused-ring (bicyclic) bond motifs is 30. The SMILES string of the molecule is c1ccc(-c2cc(-c3ccccc3)cc(-n3c4ccccc4c4cc5c6ccc7c8ccccc8sc7c6n(-c6ccccc6)c5cc43)c2)cc1.c1ccc(-c2cccc(-n3c4ccccc4c4cc5c6ccc7c8ccccc8sc7c6n(-c6ccccc6)c5cc43)c2)cc1.c1ccc(-n2c3ccccc3c3cc4c5ccc6c7ccccc7sc6c5n(-c5ccccc5)c4cc32)cc1. The molecule has 30 rings (SSSR count). The quantitative estimate of drug-likeness (QED) is 0.138. The van der Waals surface area contributed by atoms with Gasteiger partial charge in [-0.05, 0) is 185 Å². The molecule has 21 aromatic carbocycles. The first kappa shape index (κ1) is 76.9. The predicted octanol–water partition coefficient (Wildman–Crippen LogP) is 35.7. The number of nitrogens with zero attached hydrogens (tertiary/aromatic N) is 6. The molecule has 9 aromatic heterocycles. The van der Waals surface area contributed by atoms with E-state index < -0.39 is 0 Å². The summed E-state index contributed by atoms with van der Waals surface area (Å²) in [7, 11) is 0. The van der Waals surface area contributed by atoms with Gasteiger partial charge in [0.05, 0.1) is 80.3 Å². The number of rotatable bonds is 9. The van der Waals surface area contributed by atoms with Crippen molar-refractivity contribution in [2.75, 3.05) is 0 Å². The van der Waals surface area contributed by atoms with E-state index in [0.717, 1.165) is 11.4 Å². The molecule has 0 unspecified atom stereocenters. The van der Waals surface area contributed by atoms with Crippen molar-refractivity contribution in [1.82, 2.24) is 27.4 Å². The summed E-state index contributed by atoms with van der Waals surface area (Å²) < 4.78 is 22.8. The Labute approximate surface area is 787 Å². The maximum Gasteiger partial charge on any atom is 0.0719 e. The number of benzene rings is 21. The van der Waals surface area contributed by atoms with Gasteiger partial charge < -0.3 is 27.4 Å². The smallest absolute Gasteiger partial charge is 0.0719 e. The van der Waals surface area contributed by atoms with Crippen molar-refractivity contribution in [3.8, 4) is 67.5 Å². The van der Waals surface area contributed by atoms with E-state index in [2.05, 4.69) is 501 Å². The maximum atomic E-state index is 2.50. The number of hydrogen-bond acceptors (Lipinski definition) is 3. The van der Waals surface area contributed by atoms with Crippen LogP contribution in [0.1, 0.15) is 0 Å². The monoisotopic (exact) mass is 1770 g/mol. The maximum absolute atomic E-state index is 2.50. The minimum atomic E-state index is 1.15. The van der Waals surface area contributed by atoms with E-state index in [-0.39, 0.29) is 0 Å². The third-order valence-electron chi connectivity index (χ3n) is 27.9. The third kappa shape index (κ3) is 12.1. The van der Waals surface area contributed by atoms with Crippen molar-refractivity contribution in [1.29, 1.82) is 0 Å². The molecular weight excluding hydrogens is 1690 g/mol. The molecule has 9 heteroatoms. The molecule has 0 saturated carbocycles. The molecule has 0 aliphatic rings. The van der Waals surface area contributed by atoms with Gasteiger partial charge in [-0.2, -0.15) is 0 Å². The fourth-order valence-electron chi connectivity index (χ4n) is 22.0. The van der Waals surface area contributed by atoms with Crippen LogP contribution >= 0.6 is 34.0 Å². The molecule has 30 aromatic rings. The molecule has 0 fully saturated rings. The molecule has 135 heavy (non-hydrogen) atoms. The van der Waals surface area contributed by atoms with Gasteiger partial charge in [0.2, 0.25) is 0 Å². The largest absolute Gasteiger partial charge is 0.309 e. The zero-order valence-electron chi connectivity index (χ0n) is 72.9. The summed E-state index contributed by atoms with van der Waals surface area (Å²) in [4.78, 5) is 0. The van der Waals surface area contributed by atoms with Crippen molar-refractivity contribution in [2.24, 2.45) is 0 Å². The Bertz CT molecular complexity index is 9990. The molecular formula is C126H78N6S3. The van der Waals surface area contributed by atoms with Crippen molar-refractivity contribution >= 4 is 225 Å². The van der Waals surface area contributed by atoms with Crippen LogP contribution in [-0.2, 0) is 0 Å². The van der Waals surface area contributed by atoms with Crippen molar-refractivity contribution in [3.05, 3.63) is 473 Å². The molecule has 6 nitrogen and oxygen atoms in total. The molecule has 9 heterocycles. The average Bonchev–Trinajstić information content (AvgIpc) is 1.55. The number of thiophene rings is 3. The topological polar surface area (TPSA) is 29.6 Å². The van der Waals surface area contributed by atoms with Gasteiger partial charge in [-0.25, -0.2) is 0 Å². The number of aromatic nitrogens is 6. The highest BCUT2D eigenvalue weighted by Gasteiger charge is 2.28. The van der Waals surface area contributed by atoms with Gasteiger partial charge in [0.1, 0.15) is 0 Å². The van der Waals surface area contributed by atoms with Gasteiger partial charge in [0.15, 0.2) is 0 Å². The standard InChI is InChI=1S/C48H30N2S.C42H26N2S.C36H22N2S/c1-4-14-31(15-5-1)33-26-34(32-16-6-2-7-17-32)28-36(27-33)49-43-22-12-10-20-37(43)41-29-42-39-24-25-40-38-21-11-13-23-46(38)51-48(40)47(39)50(45(42)30-44(41)49)35-18-8-3-9-19-35;1-3-12-27(13-4-1)28-14-11-17-30(24-28)43-37-20-9-7-18-31(37)35-25-36-33-22-23-34-32-19-8-10-21-40(32)45-42(34)41(33)44(39(36)26-38(35)43)29-15-5-2-6-16-29;1-3-11-23(12-4-1)37-31-17-9-7-15-25(31)29-21-30-27-19-20-28-26-16-8-10-18-34(26)39-36(28)35(27)38(33(30)22-32(29)37)24-13-5-2-6-14-24/h1-30H;1-26H;1-22H. The van der Waals surface area contributed by atoms with Crippen LogP contribution in [0.5, 0.6) is 0 Å². The van der Waals surface area contributed by atoms with Gasteiger partial charge in [0.25, 0.3) is 0 Å². The van der Waals surface area contributed by atoms with Crippen LogP contribution in [0.2, 0.25) is 0 Å². The minimum Gasteiger partial charge on any atom is -0.309 e. The van der Waals surface area contributed by atoms with Crippen LogP contribution in [-0.4, -0.2) is 27.4 Å². The highest BCUT2D eigenvalue weighted by molar-refractivity contribution is 7.27. The fourth-order valence-corrected chi connectivity index (χ4v) is 25.7. The Morgan fingerprint density at radius 2 is 0.356 bits per heavy atom. The molecule has 0 radical (unpaired) electrons. The Morgan fingerprint density at radius 3 is 0.704 bits per heavy atom. The van der Waals surface area contributed by atoms with Crippen LogP contribution in [0, 0.1) is 0 Å². The Morgan fingerprint density at radius 1 is 0.119 bits per heavy atom. The lowest BCUT2D eigenvalue weighted by molar-refractivity contribution is 1.17. The summed E-state index contributed by atoms with van der Waals surface area (Å²) in [5.74, 6) is 0. The lowest BCUT2D eigenvalue weighted by atomic mass is 9.98. The summed E-state index contributed by atoms with van der Waals surface area (Å²) in [6, 6.07) is 173. The summed E-state index contributed by atoms with van der Waals surface area (Å²) in [5, 5.41) is 23.2. The normalized spacial score (nSPS) is 12.0. The highest BCUT2D eigenvalue weighted by Crippen LogP contribution is 2.51. The molecule has 630 valence electrons. The van der Waals surface area contributed by atoms with Gasteiger partial charge >= 0.3 is 0 Å².